The molecule has 0 bridgehead atoms. The third-order valence-corrected chi connectivity index (χ3v) is 3.73. The number of hydrogen-bond acceptors (Lipinski definition) is 1. The van der Waals surface area contributed by atoms with Gasteiger partial charge in [-0.2, -0.15) is 0 Å². The first-order chi connectivity index (χ1) is 8.65. The van der Waals surface area contributed by atoms with Crippen LogP contribution in [0.25, 0.3) is 0 Å². The van der Waals surface area contributed by atoms with Gasteiger partial charge in [-0.25, -0.2) is 4.39 Å². The van der Waals surface area contributed by atoms with Gasteiger partial charge in [0.25, 0.3) is 0 Å². The minimum absolute atomic E-state index is 0.0444. The minimum atomic E-state index is -0.521. The molecule has 2 aromatic rings. The van der Waals surface area contributed by atoms with E-state index in [9.17, 15) is 9.50 Å². The Hall–Kier alpha value is -1.38. The molecule has 1 aliphatic rings. The average molecular weight is 263 g/mol. The molecule has 0 radical (unpaired) electrons. The van der Waals surface area contributed by atoms with Crippen molar-refractivity contribution in [3.8, 4) is 0 Å². The molecule has 2 aromatic carbocycles. The first kappa shape index (κ1) is 11.7. The van der Waals surface area contributed by atoms with Crippen LogP contribution in [0, 0.1) is 5.82 Å². The molecule has 0 fully saturated rings. The van der Waals surface area contributed by atoms with Gasteiger partial charge in [-0.1, -0.05) is 29.8 Å². The summed E-state index contributed by atoms with van der Waals surface area (Å²) in [5, 5.41) is 10.7. The number of hydrogen-bond donors (Lipinski definition) is 1. The number of benzene rings is 2. The largest absolute Gasteiger partial charge is 0.388 e. The Morgan fingerprint density at radius 2 is 1.94 bits per heavy atom. The van der Waals surface area contributed by atoms with Gasteiger partial charge in [0.05, 0.1) is 6.10 Å². The number of rotatable bonds is 1. The number of halogens is 2. The van der Waals surface area contributed by atoms with E-state index < -0.39 is 6.10 Å². The van der Waals surface area contributed by atoms with Crippen LogP contribution in [0.5, 0.6) is 0 Å². The third kappa shape index (κ3) is 1.92. The molecule has 2 atom stereocenters. The summed E-state index contributed by atoms with van der Waals surface area (Å²) in [6.45, 7) is 0. The fourth-order valence-corrected chi connectivity index (χ4v) is 2.85. The summed E-state index contributed by atoms with van der Waals surface area (Å²) >= 11 is 5.94. The summed E-state index contributed by atoms with van der Waals surface area (Å²) in [5.74, 6) is -0.202. The van der Waals surface area contributed by atoms with Crippen LogP contribution in [0.4, 0.5) is 4.39 Å². The summed E-state index contributed by atoms with van der Waals surface area (Å²) in [5.41, 5.74) is 2.80. The Morgan fingerprint density at radius 3 is 2.72 bits per heavy atom. The average Bonchev–Trinajstić information content (AvgIpc) is 2.67. The Balaban J connectivity index is 2.08. The lowest BCUT2D eigenvalue weighted by Gasteiger charge is -2.11. The monoisotopic (exact) mass is 262 g/mol. The molecular formula is C15H12ClFO. The second kappa shape index (κ2) is 4.38. The maximum absolute atomic E-state index is 13.3. The van der Waals surface area contributed by atoms with Crippen molar-refractivity contribution in [1.29, 1.82) is 0 Å². The Morgan fingerprint density at radius 1 is 1.11 bits per heavy atom. The van der Waals surface area contributed by atoms with E-state index in [1.165, 1.54) is 12.1 Å². The molecule has 0 unspecified atom stereocenters. The second-order valence-corrected chi connectivity index (χ2v) is 5.07. The van der Waals surface area contributed by atoms with Crippen LogP contribution >= 0.6 is 11.6 Å². The van der Waals surface area contributed by atoms with Crippen LogP contribution in [-0.4, -0.2) is 5.11 Å². The van der Waals surface area contributed by atoms with Gasteiger partial charge in [-0.15, -0.1) is 0 Å². The standard InChI is InChI=1S/C15H12ClFO/c16-10-4-5-12-13(8-15(18)14(12)7-10)9-2-1-3-11(17)6-9/h1-7,13,15,18H,8H2/t13-,15-/m1/s1. The Bertz CT molecular complexity index is 597. The molecule has 0 amide bonds. The van der Waals surface area contributed by atoms with E-state index in [1.54, 1.807) is 12.1 Å². The zero-order valence-electron chi connectivity index (χ0n) is 9.61. The molecule has 3 heteroatoms. The second-order valence-electron chi connectivity index (χ2n) is 4.63. The van der Waals surface area contributed by atoms with Crippen molar-refractivity contribution in [2.24, 2.45) is 0 Å². The summed E-state index contributed by atoms with van der Waals surface area (Å²) < 4.78 is 13.3. The number of aliphatic hydroxyl groups excluding tert-OH is 1. The lowest BCUT2D eigenvalue weighted by Crippen LogP contribution is -1.97. The smallest absolute Gasteiger partial charge is 0.123 e. The molecule has 0 saturated heterocycles. The van der Waals surface area contributed by atoms with Gasteiger partial charge < -0.3 is 5.11 Å². The van der Waals surface area contributed by atoms with Gasteiger partial charge in [-0.3, -0.25) is 0 Å². The van der Waals surface area contributed by atoms with Gasteiger partial charge in [0.2, 0.25) is 0 Å². The quantitative estimate of drug-likeness (QED) is 0.822. The highest BCUT2D eigenvalue weighted by Gasteiger charge is 2.30. The van der Waals surface area contributed by atoms with Crippen molar-refractivity contribution in [3.05, 3.63) is 70.0 Å². The zero-order chi connectivity index (χ0) is 12.7. The van der Waals surface area contributed by atoms with Gasteiger partial charge in [0, 0.05) is 10.9 Å². The molecule has 0 aromatic heterocycles. The van der Waals surface area contributed by atoms with Gasteiger partial charge in [0.1, 0.15) is 5.82 Å². The maximum atomic E-state index is 13.3. The minimum Gasteiger partial charge on any atom is -0.388 e. The van der Waals surface area contributed by atoms with Crippen molar-refractivity contribution in [2.75, 3.05) is 0 Å². The summed E-state index contributed by atoms with van der Waals surface area (Å²) in [6, 6.07) is 12.1. The molecule has 0 heterocycles. The highest BCUT2D eigenvalue weighted by molar-refractivity contribution is 6.30. The van der Waals surface area contributed by atoms with E-state index in [-0.39, 0.29) is 11.7 Å². The zero-order valence-corrected chi connectivity index (χ0v) is 10.4. The lowest BCUT2D eigenvalue weighted by atomic mass is 9.93. The summed E-state index contributed by atoms with van der Waals surface area (Å²) in [7, 11) is 0. The highest BCUT2D eigenvalue weighted by Crippen LogP contribution is 2.44. The van der Waals surface area contributed by atoms with Crippen molar-refractivity contribution in [1.82, 2.24) is 0 Å². The van der Waals surface area contributed by atoms with Crippen molar-refractivity contribution in [2.45, 2.75) is 18.4 Å². The topological polar surface area (TPSA) is 20.2 Å². The van der Waals surface area contributed by atoms with E-state index in [0.29, 0.717) is 11.4 Å². The van der Waals surface area contributed by atoms with E-state index in [2.05, 4.69) is 0 Å². The number of aliphatic hydroxyl groups is 1. The first-order valence-corrected chi connectivity index (χ1v) is 6.26. The molecule has 18 heavy (non-hydrogen) atoms. The Labute approximate surface area is 110 Å². The molecule has 1 nitrogen and oxygen atoms in total. The van der Waals surface area contributed by atoms with Crippen molar-refractivity contribution >= 4 is 11.6 Å². The molecule has 1 N–H and O–H groups in total. The molecular weight excluding hydrogens is 251 g/mol. The van der Waals surface area contributed by atoms with E-state index >= 15 is 0 Å². The van der Waals surface area contributed by atoms with Crippen LogP contribution in [0.15, 0.2) is 42.5 Å². The van der Waals surface area contributed by atoms with Crippen molar-refractivity contribution in [3.63, 3.8) is 0 Å². The molecule has 0 spiro atoms. The van der Waals surface area contributed by atoms with Crippen LogP contribution in [-0.2, 0) is 0 Å². The maximum Gasteiger partial charge on any atom is 0.123 e. The normalized spacial score (nSPS) is 21.9. The first-order valence-electron chi connectivity index (χ1n) is 5.88. The SMILES string of the molecule is O[C@@H]1C[C@H](c2cccc(F)c2)c2ccc(Cl)cc21. The lowest BCUT2D eigenvalue weighted by molar-refractivity contribution is 0.176. The van der Waals surface area contributed by atoms with Crippen LogP contribution in [0.1, 0.15) is 35.1 Å². The number of fused-ring (bicyclic) bond motifs is 1. The highest BCUT2D eigenvalue weighted by atomic mass is 35.5. The predicted molar refractivity (Wildman–Crippen MR) is 69.3 cm³/mol. The molecule has 0 aliphatic heterocycles. The van der Waals surface area contributed by atoms with E-state index in [0.717, 1.165) is 16.7 Å². The van der Waals surface area contributed by atoms with Gasteiger partial charge in [-0.05, 0) is 47.4 Å². The molecule has 92 valence electrons. The summed E-state index contributed by atoms with van der Waals surface area (Å²) in [6.07, 6.45) is 0.0611. The van der Waals surface area contributed by atoms with Gasteiger partial charge >= 0.3 is 0 Å². The molecule has 3 rings (SSSR count). The summed E-state index contributed by atoms with van der Waals surface area (Å²) in [4.78, 5) is 0. The predicted octanol–water partition coefficient (Wildman–Crippen LogP) is 4.05. The molecule has 1 aliphatic carbocycles. The molecule has 0 saturated carbocycles. The van der Waals surface area contributed by atoms with Crippen LogP contribution in [0.2, 0.25) is 5.02 Å². The Kier molecular flexibility index (Phi) is 2.84. The fraction of sp³-hybridized carbons (Fsp3) is 0.200. The van der Waals surface area contributed by atoms with Crippen molar-refractivity contribution < 1.29 is 9.50 Å². The third-order valence-electron chi connectivity index (χ3n) is 3.49. The van der Waals surface area contributed by atoms with E-state index in [1.807, 2.05) is 18.2 Å². The van der Waals surface area contributed by atoms with Crippen LogP contribution in [0.3, 0.4) is 0 Å². The fourth-order valence-electron chi connectivity index (χ4n) is 2.67. The van der Waals surface area contributed by atoms with E-state index in [4.69, 9.17) is 11.6 Å². The van der Waals surface area contributed by atoms with Gasteiger partial charge in [0.15, 0.2) is 0 Å². The van der Waals surface area contributed by atoms with Crippen LogP contribution < -0.4 is 0 Å².